The van der Waals surface area contributed by atoms with Crippen molar-refractivity contribution in [1.29, 1.82) is 0 Å². The topological polar surface area (TPSA) is 139 Å². The third-order valence-electron chi connectivity index (χ3n) is 4.79. The van der Waals surface area contributed by atoms with Crippen LogP contribution in [0, 0.1) is 15.9 Å². The van der Waals surface area contributed by atoms with Crippen molar-refractivity contribution < 1.29 is 28.5 Å². The predicted octanol–water partition coefficient (Wildman–Crippen LogP) is 1.66. The Bertz CT molecular complexity index is 1090. The third kappa shape index (κ3) is 5.12. The fraction of sp³-hybridized carbons (Fsp3) is 0.238. The summed E-state index contributed by atoms with van der Waals surface area (Å²) in [4.78, 5) is 59.7. The fourth-order valence-electron chi connectivity index (χ4n) is 3.16. The normalized spacial score (nSPS) is 12.5. The summed E-state index contributed by atoms with van der Waals surface area (Å²) in [5, 5.41) is 16.1. The Morgan fingerprint density at radius 1 is 0.969 bits per heavy atom. The number of halogens is 1. The molecule has 0 unspecified atom stereocenters. The molecule has 0 radical (unpaired) electrons. The molecule has 0 aromatic heterocycles. The minimum Gasteiger partial charge on any atom is -0.354 e. The number of amides is 4. The smallest absolute Gasteiger partial charge is 0.270 e. The van der Waals surface area contributed by atoms with Crippen LogP contribution in [0.5, 0.6) is 0 Å². The van der Waals surface area contributed by atoms with E-state index in [1.54, 1.807) is 0 Å². The number of imide groups is 1. The van der Waals surface area contributed by atoms with E-state index >= 15 is 0 Å². The van der Waals surface area contributed by atoms with Gasteiger partial charge in [0.25, 0.3) is 23.4 Å². The van der Waals surface area contributed by atoms with Gasteiger partial charge in [0.2, 0.25) is 5.91 Å². The molecule has 2 aromatic rings. The number of benzene rings is 2. The second-order valence-corrected chi connectivity index (χ2v) is 6.97. The summed E-state index contributed by atoms with van der Waals surface area (Å²) in [6, 6.07) is 8.53. The average molecular weight is 442 g/mol. The molecule has 10 nitrogen and oxygen atoms in total. The highest BCUT2D eigenvalue weighted by Gasteiger charge is 2.36. The van der Waals surface area contributed by atoms with E-state index < -0.39 is 28.5 Å². The first-order chi connectivity index (χ1) is 15.3. The van der Waals surface area contributed by atoms with Crippen molar-refractivity contribution in [2.24, 2.45) is 0 Å². The molecule has 0 bridgehead atoms. The van der Waals surface area contributed by atoms with Crippen LogP contribution in [0.15, 0.2) is 42.5 Å². The molecular formula is C21H19FN4O6. The van der Waals surface area contributed by atoms with Crippen LogP contribution < -0.4 is 10.6 Å². The Balaban J connectivity index is 1.39. The summed E-state index contributed by atoms with van der Waals surface area (Å²) < 4.78 is 12.9. The summed E-state index contributed by atoms with van der Waals surface area (Å²) in [5.41, 5.74) is 0.0918. The Morgan fingerprint density at radius 3 is 2.31 bits per heavy atom. The molecule has 0 spiro atoms. The van der Waals surface area contributed by atoms with Gasteiger partial charge in [-0.25, -0.2) is 4.39 Å². The Labute approximate surface area is 181 Å². The Hall–Kier alpha value is -4.15. The van der Waals surface area contributed by atoms with Crippen molar-refractivity contribution in [2.45, 2.75) is 12.8 Å². The van der Waals surface area contributed by atoms with Crippen LogP contribution in [0.3, 0.4) is 0 Å². The van der Waals surface area contributed by atoms with Gasteiger partial charge >= 0.3 is 0 Å². The van der Waals surface area contributed by atoms with Crippen LogP contribution in [0.25, 0.3) is 0 Å². The van der Waals surface area contributed by atoms with Gasteiger partial charge in [0.15, 0.2) is 0 Å². The maximum atomic E-state index is 12.9. The van der Waals surface area contributed by atoms with Crippen LogP contribution >= 0.6 is 0 Å². The van der Waals surface area contributed by atoms with Gasteiger partial charge in [-0.1, -0.05) is 0 Å². The van der Waals surface area contributed by atoms with Gasteiger partial charge in [-0.15, -0.1) is 0 Å². The van der Waals surface area contributed by atoms with Gasteiger partial charge in [0.1, 0.15) is 5.82 Å². The van der Waals surface area contributed by atoms with E-state index in [9.17, 15) is 33.7 Å². The predicted molar refractivity (Wildman–Crippen MR) is 109 cm³/mol. The largest absolute Gasteiger partial charge is 0.354 e. The number of carbonyl (C=O) groups excluding carboxylic acids is 4. The van der Waals surface area contributed by atoms with E-state index in [-0.39, 0.29) is 55.2 Å². The zero-order valence-electron chi connectivity index (χ0n) is 16.8. The number of fused-ring (bicyclic) bond motifs is 1. The minimum absolute atomic E-state index is 0.00509. The van der Waals surface area contributed by atoms with Crippen molar-refractivity contribution in [3.63, 3.8) is 0 Å². The van der Waals surface area contributed by atoms with E-state index in [0.29, 0.717) is 5.56 Å². The zero-order chi connectivity index (χ0) is 23.3. The van der Waals surface area contributed by atoms with Crippen LogP contribution in [0.4, 0.5) is 10.1 Å². The summed E-state index contributed by atoms with van der Waals surface area (Å²) in [6.07, 6.45) is 0.251. The maximum absolute atomic E-state index is 12.9. The maximum Gasteiger partial charge on any atom is 0.270 e. The lowest BCUT2D eigenvalue weighted by Gasteiger charge is -2.13. The minimum atomic E-state index is -0.646. The highest BCUT2D eigenvalue weighted by Crippen LogP contribution is 2.26. The SMILES string of the molecule is O=C(CCCN1C(=O)c2ccc([N+](=O)[O-])cc2C1=O)NCCNC(=O)c1ccc(F)cc1. The lowest BCUT2D eigenvalue weighted by atomic mass is 10.1. The van der Waals surface area contributed by atoms with Crippen molar-refractivity contribution in [3.8, 4) is 0 Å². The van der Waals surface area contributed by atoms with Gasteiger partial charge in [0.05, 0.1) is 16.1 Å². The van der Waals surface area contributed by atoms with E-state index in [1.807, 2.05) is 0 Å². The summed E-state index contributed by atoms with van der Waals surface area (Å²) >= 11 is 0. The van der Waals surface area contributed by atoms with E-state index in [2.05, 4.69) is 10.6 Å². The molecular weight excluding hydrogens is 423 g/mol. The van der Waals surface area contributed by atoms with E-state index in [0.717, 1.165) is 17.0 Å². The number of carbonyl (C=O) groups is 4. The molecule has 0 saturated heterocycles. The number of nitrogens with zero attached hydrogens (tertiary/aromatic N) is 2. The fourth-order valence-corrected chi connectivity index (χ4v) is 3.16. The van der Waals surface area contributed by atoms with Crippen LogP contribution in [0.2, 0.25) is 0 Å². The van der Waals surface area contributed by atoms with E-state index in [1.165, 1.54) is 30.3 Å². The molecule has 2 N–H and O–H groups in total. The lowest BCUT2D eigenvalue weighted by Crippen LogP contribution is -2.35. The molecule has 1 heterocycles. The molecule has 166 valence electrons. The number of hydrogen-bond donors (Lipinski definition) is 2. The van der Waals surface area contributed by atoms with Crippen molar-refractivity contribution in [2.75, 3.05) is 19.6 Å². The third-order valence-corrected chi connectivity index (χ3v) is 4.79. The molecule has 4 amide bonds. The number of hydrogen-bond acceptors (Lipinski definition) is 6. The second-order valence-electron chi connectivity index (χ2n) is 6.97. The number of rotatable bonds is 9. The molecule has 0 atom stereocenters. The standard InChI is InChI=1S/C21H19FN4O6/c22-14-5-3-13(4-6-14)19(28)24-10-9-23-18(27)2-1-11-25-20(29)16-8-7-15(26(31)32)12-17(16)21(25)30/h3-8,12H,1-2,9-11H2,(H,23,27)(H,24,28). The summed E-state index contributed by atoms with van der Waals surface area (Å²) in [7, 11) is 0. The molecule has 0 aliphatic carbocycles. The van der Waals surface area contributed by atoms with Crippen LogP contribution in [-0.2, 0) is 4.79 Å². The molecule has 1 aliphatic heterocycles. The molecule has 11 heteroatoms. The molecule has 32 heavy (non-hydrogen) atoms. The highest BCUT2D eigenvalue weighted by molar-refractivity contribution is 6.21. The van der Waals surface area contributed by atoms with Crippen molar-refractivity contribution >= 4 is 29.3 Å². The quantitative estimate of drug-likeness (QED) is 0.262. The molecule has 0 fully saturated rings. The number of nitrogens with one attached hydrogen (secondary N) is 2. The molecule has 2 aromatic carbocycles. The Morgan fingerprint density at radius 2 is 1.62 bits per heavy atom. The average Bonchev–Trinajstić information content (AvgIpc) is 3.01. The van der Waals surface area contributed by atoms with Gasteiger partial charge in [0, 0.05) is 43.8 Å². The van der Waals surface area contributed by atoms with Crippen molar-refractivity contribution in [3.05, 3.63) is 75.1 Å². The second kappa shape index (κ2) is 9.77. The van der Waals surface area contributed by atoms with E-state index in [4.69, 9.17) is 0 Å². The summed E-state index contributed by atoms with van der Waals surface area (Å²) in [6.45, 7) is 0.330. The zero-order valence-corrected chi connectivity index (χ0v) is 16.8. The number of nitro groups is 1. The van der Waals surface area contributed by atoms with Gasteiger partial charge in [-0.2, -0.15) is 0 Å². The van der Waals surface area contributed by atoms with Gasteiger partial charge in [-0.3, -0.25) is 34.2 Å². The highest BCUT2D eigenvalue weighted by atomic mass is 19.1. The monoisotopic (exact) mass is 442 g/mol. The van der Waals surface area contributed by atoms with Gasteiger partial charge < -0.3 is 10.6 Å². The molecule has 1 aliphatic rings. The van der Waals surface area contributed by atoms with Gasteiger partial charge in [-0.05, 0) is 36.8 Å². The van der Waals surface area contributed by atoms with Crippen LogP contribution in [0.1, 0.15) is 43.9 Å². The molecule has 0 saturated carbocycles. The van der Waals surface area contributed by atoms with Crippen molar-refractivity contribution in [1.82, 2.24) is 15.5 Å². The first-order valence-corrected chi connectivity index (χ1v) is 9.73. The Kier molecular flexibility index (Phi) is 6.88. The molecule has 3 rings (SSSR count). The van der Waals surface area contributed by atoms with Crippen LogP contribution in [-0.4, -0.2) is 53.1 Å². The first kappa shape index (κ1) is 22.5. The lowest BCUT2D eigenvalue weighted by molar-refractivity contribution is -0.384. The number of non-ortho nitro benzene ring substituents is 1. The first-order valence-electron chi connectivity index (χ1n) is 9.73. The number of nitro benzene ring substituents is 1. The summed E-state index contributed by atoms with van der Waals surface area (Å²) in [5.74, 6) is -2.35.